The summed E-state index contributed by atoms with van der Waals surface area (Å²) in [4.78, 5) is 25.2. The quantitative estimate of drug-likeness (QED) is 0.920. The van der Waals surface area contributed by atoms with Crippen LogP contribution in [0.15, 0.2) is 30.6 Å². The maximum absolute atomic E-state index is 12.9. The van der Waals surface area contributed by atoms with E-state index in [2.05, 4.69) is 9.97 Å². The van der Waals surface area contributed by atoms with Crippen LogP contribution in [0.2, 0.25) is 0 Å². The third kappa shape index (κ3) is 3.33. The van der Waals surface area contributed by atoms with E-state index >= 15 is 0 Å². The summed E-state index contributed by atoms with van der Waals surface area (Å²) in [6.45, 7) is 1.55. The molecule has 0 radical (unpaired) electrons. The molecule has 1 fully saturated rings. The number of hydrogen-bond acceptors (Lipinski definition) is 5. The van der Waals surface area contributed by atoms with Gasteiger partial charge in [-0.25, -0.2) is 0 Å². The fourth-order valence-electron chi connectivity index (χ4n) is 3.34. The summed E-state index contributed by atoms with van der Waals surface area (Å²) in [5, 5.41) is 10.8. The minimum Gasteiger partial charge on any atom is -0.387 e. The highest BCUT2D eigenvalue weighted by Gasteiger charge is 2.36. The van der Waals surface area contributed by atoms with Crippen molar-refractivity contribution in [2.45, 2.75) is 18.4 Å². The maximum Gasteiger partial charge on any atom is 0.256 e. The summed E-state index contributed by atoms with van der Waals surface area (Å²) in [5.41, 5.74) is 1.01. The molecule has 1 aromatic carbocycles. The van der Waals surface area contributed by atoms with Gasteiger partial charge in [0.15, 0.2) is 0 Å². The average molecular weight is 314 g/mol. The lowest BCUT2D eigenvalue weighted by Crippen LogP contribution is -2.54. The summed E-state index contributed by atoms with van der Waals surface area (Å²) in [6, 6.07) is 5.44. The molecule has 1 atom stereocenters. The Balaban J connectivity index is 1.87. The van der Waals surface area contributed by atoms with Gasteiger partial charge in [0, 0.05) is 25.5 Å². The number of nitrogens with zero attached hydrogens (tertiary/aromatic N) is 4. The molecule has 2 heterocycles. The van der Waals surface area contributed by atoms with Gasteiger partial charge >= 0.3 is 0 Å². The van der Waals surface area contributed by atoms with Crippen molar-refractivity contribution in [3.05, 3.63) is 36.2 Å². The van der Waals surface area contributed by atoms with E-state index in [1.807, 2.05) is 31.1 Å². The highest BCUT2D eigenvalue weighted by atomic mass is 16.3. The number of likely N-dealkylation sites (tertiary alicyclic amines) is 1. The SMILES string of the molecule is CN(C)C[C@]1(O)CCCN(C(=O)c2cccc3nccnc23)C1. The molecular formula is C17H22N4O2. The van der Waals surface area contributed by atoms with Crippen molar-refractivity contribution >= 4 is 16.9 Å². The Labute approximate surface area is 135 Å². The lowest BCUT2D eigenvalue weighted by molar-refractivity contribution is -0.0391. The van der Waals surface area contributed by atoms with Crippen LogP contribution < -0.4 is 0 Å². The van der Waals surface area contributed by atoms with E-state index in [9.17, 15) is 9.90 Å². The highest BCUT2D eigenvalue weighted by molar-refractivity contribution is 6.04. The number of rotatable bonds is 3. The zero-order valence-corrected chi connectivity index (χ0v) is 13.6. The molecule has 0 spiro atoms. The number of carbonyl (C=O) groups excluding carboxylic acids is 1. The standard InChI is InChI=1S/C17H22N4O2/c1-20(2)11-17(23)7-4-10-21(12-17)16(22)13-5-3-6-14-15(13)19-9-8-18-14/h3,5-6,8-9,23H,4,7,10-12H2,1-2H3/t17-/m1/s1. The minimum absolute atomic E-state index is 0.0898. The third-order valence-electron chi connectivity index (χ3n) is 4.18. The molecular weight excluding hydrogens is 292 g/mol. The van der Waals surface area contributed by atoms with Gasteiger partial charge in [-0.3, -0.25) is 14.8 Å². The van der Waals surface area contributed by atoms with Gasteiger partial charge in [0.2, 0.25) is 0 Å². The normalized spacial score (nSPS) is 21.8. The summed E-state index contributed by atoms with van der Waals surface area (Å²) in [7, 11) is 3.86. The number of fused-ring (bicyclic) bond motifs is 1. The average Bonchev–Trinajstić information content (AvgIpc) is 2.52. The van der Waals surface area contributed by atoms with Crippen molar-refractivity contribution in [1.82, 2.24) is 19.8 Å². The van der Waals surface area contributed by atoms with Crippen molar-refractivity contribution in [2.24, 2.45) is 0 Å². The summed E-state index contributed by atoms with van der Waals surface area (Å²) < 4.78 is 0. The summed E-state index contributed by atoms with van der Waals surface area (Å²) in [5.74, 6) is -0.0898. The molecule has 0 aliphatic carbocycles. The molecule has 0 saturated carbocycles. The maximum atomic E-state index is 12.9. The molecule has 1 amide bonds. The van der Waals surface area contributed by atoms with Crippen LogP contribution in [0, 0.1) is 0 Å². The van der Waals surface area contributed by atoms with Crippen LogP contribution in [0.1, 0.15) is 23.2 Å². The fraction of sp³-hybridized carbons (Fsp3) is 0.471. The molecule has 1 aromatic heterocycles. The van der Waals surface area contributed by atoms with Gasteiger partial charge < -0.3 is 14.9 Å². The number of β-amino-alcohol motifs (C(OH)–C–C–N with tert-alkyl or cyclic N) is 1. The number of amides is 1. The number of hydrogen-bond donors (Lipinski definition) is 1. The van der Waals surface area contributed by atoms with E-state index in [1.165, 1.54) is 0 Å². The Kier molecular flexibility index (Phi) is 4.28. The second-order valence-corrected chi connectivity index (χ2v) is 6.52. The van der Waals surface area contributed by atoms with E-state index in [-0.39, 0.29) is 5.91 Å². The molecule has 2 aromatic rings. The minimum atomic E-state index is -0.853. The van der Waals surface area contributed by atoms with Gasteiger partial charge in [-0.2, -0.15) is 0 Å². The van der Waals surface area contributed by atoms with Crippen LogP contribution >= 0.6 is 0 Å². The van der Waals surface area contributed by atoms with Gasteiger partial charge in [0.1, 0.15) is 5.52 Å². The number of likely N-dealkylation sites (N-methyl/N-ethyl adjacent to an activating group) is 1. The number of piperidine rings is 1. The number of aromatic nitrogens is 2. The van der Waals surface area contributed by atoms with E-state index in [4.69, 9.17) is 0 Å². The first-order chi connectivity index (χ1) is 11.0. The fourth-order valence-corrected chi connectivity index (χ4v) is 3.34. The van der Waals surface area contributed by atoms with Crippen molar-refractivity contribution in [2.75, 3.05) is 33.7 Å². The molecule has 23 heavy (non-hydrogen) atoms. The van der Waals surface area contributed by atoms with Crippen LogP contribution in [-0.4, -0.2) is 70.1 Å². The number of benzene rings is 1. The topological polar surface area (TPSA) is 69.6 Å². The van der Waals surface area contributed by atoms with Crippen molar-refractivity contribution in [3.8, 4) is 0 Å². The molecule has 122 valence electrons. The Morgan fingerprint density at radius 3 is 2.91 bits per heavy atom. The van der Waals surface area contributed by atoms with E-state index in [0.29, 0.717) is 42.7 Å². The molecule has 3 rings (SSSR count). The Morgan fingerprint density at radius 1 is 1.35 bits per heavy atom. The van der Waals surface area contributed by atoms with Gasteiger partial charge in [0.05, 0.1) is 23.2 Å². The van der Waals surface area contributed by atoms with Gasteiger partial charge in [-0.05, 0) is 39.1 Å². The van der Waals surface area contributed by atoms with Crippen molar-refractivity contribution in [3.63, 3.8) is 0 Å². The monoisotopic (exact) mass is 314 g/mol. The zero-order chi connectivity index (χ0) is 16.4. The molecule has 1 aliphatic heterocycles. The summed E-state index contributed by atoms with van der Waals surface area (Å²) in [6.07, 6.45) is 4.72. The van der Waals surface area contributed by atoms with Crippen LogP contribution in [-0.2, 0) is 0 Å². The first kappa shape index (κ1) is 15.8. The second kappa shape index (κ2) is 6.22. The number of aliphatic hydroxyl groups is 1. The van der Waals surface area contributed by atoms with Crippen LogP contribution in [0.25, 0.3) is 11.0 Å². The first-order valence-electron chi connectivity index (χ1n) is 7.85. The largest absolute Gasteiger partial charge is 0.387 e. The van der Waals surface area contributed by atoms with E-state index in [1.54, 1.807) is 23.4 Å². The molecule has 1 saturated heterocycles. The van der Waals surface area contributed by atoms with Gasteiger partial charge in [0.25, 0.3) is 5.91 Å². The second-order valence-electron chi connectivity index (χ2n) is 6.52. The molecule has 6 heteroatoms. The van der Waals surface area contributed by atoms with Crippen LogP contribution in [0.3, 0.4) is 0 Å². The lowest BCUT2D eigenvalue weighted by Gasteiger charge is -2.40. The van der Waals surface area contributed by atoms with Gasteiger partial charge in [-0.1, -0.05) is 6.07 Å². The molecule has 6 nitrogen and oxygen atoms in total. The first-order valence-corrected chi connectivity index (χ1v) is 7.85. The highest BCUT2D eigenvalue weighted by Crippen LogP contribution is 2.24. The Morgan fingerprint density at radius 2 is 2.13 bits per heavy atom. The van der Waals surface area contributed by atoms with Gasteiger partial charge in [-0.15, -0.1) is 0 Å². The predicted molar refractivity (Wildman–Crippen MR) is 88.2 cm³/mol. The Bertz CT molecular complexity index is 713. The van der Waals surface area contributed by atoms with Crippen LogP contribution in [0.4, 0.5) is 0 Å². The summed E-state index contributed by atoms with van der Waals surface area (Å²) >= 11 is 0. The van der Waals surface area contributed by atoms with Crippen molar-refractivity contribution in [1.29, 1.82) is 0 Å². The molecule has 0 unspecified atom stereocenters. The number of para-hydroxylation sites is 1. The molecule has 1 aliphatic rings. The molecule has 0 bridgehead atoms. The zero-order valence-electron chi connectivity index (χ0n) is 13.6. The predicted octanol–water partition coefficient (Wildman–Crippen LogP) is 1.16. The lowest BCUT2D eigenvalue weighted by atomic mass is 9.92. The van der Waals surface area contributed by atoms with Crippen LogP contribution in [0.5, 0.6) is 0 Å². The van der Waals surface area contributed by atoms with Crippen molar-refractivity contribution < 1.29 is 9.90 Å². The molecule has 1 N–H and O–H groups in total. The van der Waals surface area contributed by atoms with E-state index < -0.39 is 5.60 Å². The smallest absolute Gasteiger partial charge is 0.256 e. The third-order valence-corrected chi connectivity index (χ3v) is 4.18. The van der Waals surface area contributed by atoms with E-state index in [0.717, 1.165) is 6.42 Å². The number of carbonyl (C=O) groups is 1. The Hall–Kier alpha value is -2.05.